The quantitative estimate of drug-likeness (QED) is 0.399. The summed E-state index contributed by atoms with van der Waals surface area (Å²) in [4.78, 5) is 40.9. The fourth-order valence-electron chi connectivity index (χ4n) is 4.37. The Labute approximate surface area is 221 Å². The number of carbonyl (C=O) groups excluding carboxylic acids is 3. The van der Waals surface area contributed by atoms with Crippen LogP contribution in [0.4, 0.5) is 35.0 Å². The highest BCUT2D eigenvalue weighted by Gasteiger charge is 2.46. The van der Waals surface area contributed by atoms with E-state index in [-0.39, 0.29) is 18.0 Å². The van der Waals surface area contributed by atoms with Gasteiger partial charge >= 0.3 is 28.4 Å². The number of urea groups is 1. The van der Waals surface area contributed by atoms with Gasteiger partial charge in [0, 0.05) is 19.8 Å². The van der Waals surface area contributed by atoms with Crippen LogP contribution >= 0.6 is 11.6 Å². The molecule has 0 saturated carbocycles. The molecule has 0 N–H and O–H groups in total. The molecule has 1 saturated heterocycles. The summed E-state index contributed by atoms with van der Waals surface area (Å²) in [5.74, 6) is -3.51. The molecule has 38 heavy (non-hydrogen) atoms. The van der Waals surface area contributed by atoms with Gasteiger partial charge in [0.25, 0.3) is 0 Å². The number of nitrogens with zero attached hydrogens (tertiary/aromatic N) is 4. The number of alkyl halides is 3. The minimum atomic E-state index is -4.88. The zero-order valence-corrected chi connectivity index (χ0v) is 21.9. The van der Waals surface area contributed by atoms with Crippen molar-refractivity contribution in [3.05, 3.63) is 52.5 Å². The molecule has 0 bridgehead atoms. The topological polar surface area (TPSA) is 108 Å². The number of benzene rings is 2. The first-order valence-electron chi connectivity index (χ1n) is 11.2. The molecule has 1 fully saturated rings. The zero-order chi connectivity index (χ0) is 28.2. The van der Waals surface area contributed by atoms with Crippen LogP contribution in [0.5, 0.6) is 0 Å². The Balaban J connectivity index is 1.78. The summed E-state index contributed by atoms with van der Waals surface area (Å²) in [5.41, 5.74) is -0.982. The second-order valence-electron chi connectivity index (χ2n) is 8.51. The summed E-state index contributed by atoms with van der Waals surface area (Å²) in [5, 5.41) is -0.613. The number of carbonyl (C=O) groups is 3. The third-order valence-electron chi connectivity index (χ3n) is 6.32. The molecular formula is C23H22ClF3N4O6S. The van der Waals surface area contributed by atoms with Crippen molar-refractivity contribution in [1.29, 1.82) is 0 Å². The van der Waals surface area contributed by atoms with Crippen LogP contribution in [0.25, 0.3) is 0 Å². The van der Waals surface area contributed by atoms with E-state index >= 15 is 0 Å². The monoisotopic (exact) mass is 574 g/mol. The highest BCUT2D eigenvalue weighted by Crippen LogP contribution is 2.42. The van der Waals surface area contributed by atoms with Crippen LogP contribution in [0, 0.1) is 5.92 Å². The maximum atomic E-state index is 13.7. The normalized spacial score (nSPS) is 19.2. The van der Waals surface area contributed by atoms with Crippen LogP contribution in [0.1, 0.15) is 18.1 Å². The fourth-order valence-corrected chi connectivity index (χ4v) is 5.83. The maximum absolute atomic E-state index is 13.7. The molecule has 204 valence electrons. The van der Waals surface area contributed by atoms with Crippen molar-refractivity contribution in [2.24, 2.45) is 5.92 Å². The molecule has 3 amide bonds. The minimum absolute atomic E-state index is 0.0725. The molecule has 0 radical (unpaired) electrons. The smallest absolute Gasteiger partial charge is 0.418 e. The Bertz CT molecular complexity index is 1430. The van der Waals surface area contributed by atoms with Gasteiger partial charge in [0.15, 0.2) is 5.92 Å². The molecule has 2 aliphatic rings. The Morgan fingerprint density at radius 3 is 2.39 bits per heavy atom. The van der Waals surface area contributed by atoms with E-state index in [1.165, 1.54) is 45.3 Å². The number of amides is 3. The van der Waals surface area contributed by atoms with Gasteiger partial charge in [0.2, 0.25) is 5.91 Å². The van der Waals surface area contributed by atoms with Gasteiger partial charge in [-0.15, -0.1) is 0 Å². The Morgan fingerprint density at radius 2 is 1.76 bits per heavy atom. The van der Waals surface area contributed by atoms with Crippen LogP contribution in [0.3, 0.4) is 0 Å². The SMILES string of the molecule is CCOC(=O)C1CN(c2ccc3c(c2)N(C)S(=O)(=O)N3C)C(=O)N(Cc2cccc(Cl)c2C(F)(F)F)C1=O. The lowest BCUT2D eigenvalue weighted by atomic mass is 10.0. The summed E-state index contributed by atoms with van der Waals surface area (Å²) in [6, 6.07) is 6.60. The molecule has 10 nitrogen and oxygen atoms in total. The lowest BCUT2D eigenvalue weighted by Gasteiger charge is -2.38. The number of ether oxygens (including phenoxy) is 1. The second-order valence-corrected chi connectivity index (χ2v) is 10.9. The third kappa shape index (κ3) is 4.51. The molecule has 2 aliphatic heterocycles. The van der Waals surface area contributed by atoms with Crippen molar-refractivity contribution in [3.63, 3.8) is 0 Å². The van der Waals surface area contributed by atoms with E-state index in [2.05, 4.69) is 0 Å². The van der Waals surface area contributed by atoms with E-state index < -0.39 is 69.5 Å². The number of hydrogen-bond donors (Lipinski definition) is 0. The average Bonchev–Trinajstić information content (AvgIpc) is 3.00. The number of halogens is 4. The van der Waals surface area contributed by atoms with Gasteiger partial charge in [-0.25, -0.2) is 4.79 Å². The van der Waals surface area contributed by atoms with E-state index in [9.17, 15) is 36.0 Å². The van der Waals surface area contributed by atoms with Crippen molar-refractivity contribution in [2.45, 2.75) is 19.6 Å². The van der Waals surface area contributed by atoms with E-state index in [1.807, 2.05) is 0 Å². The van der Waals surface area contributed by atoms with E-state index in [0.29, 0.717) is 10.6 Å². The van der Waals surface area contributed by atoms with Crippen molar-refractivity contribution >= 4 is 56.8 Å². The van der Waals surface area contributed by atoms with E-state index in [0.717, 1.165) is 25.6 Å². The Kier molecular flexibility index (Phi) is 6.99. The van der Waals surface area contributed by atoms with Crippen LogP contribution in [0.2, 0.25) is 5.02 Å². The summed E-state index contributed by atoms with van der Waals surface area (Å²) in [6.07, 6.45) is -4.88. The lowest BCUT2D eigenvalue weighted by molar-refractivity contribution is -0.155. The van der Waals surface area contributed by atoms with Crippen molar-refractivity contribution in [1.82, 2.24) is 4.90 Å². The number of hydrogen-bond acceptors (Lipinski definition) is 6. The van der Waals surface area contributed by atoms with Crippen LogP contribution in [-0.4, -0.2) is 58.5 Å². The van der Waals surface area contributed by atoms with Crippen molar-refractivity contribution < 1.29 is 40.7 Å². The predicted molar refractivity (Wildman–Crippen MR) is 132 cm³/mol. The standard InChI is InChI=1S/C23H22ClF3N4O6S/c1-4-37-21(33)15-12-30(14-8-9-17-18(10-14)29(3)38(35,36)28(17)2)22(34)31(20(15)32)11-13-6-5-7-16(24)19(13)23(25,26)27/h5-10,15H,4,11-12H2,1-3H3. The molecule has 4 rings (SSSR count). The highest BCUT2D eigenvalue weighted by atomic mass is 35.5. The number of imide groups is 1. The second kappa shape index (κ2) is 9.66. The minimum Gasteiger partial charge on any atom is -0.465 e. The first-order valence-corrected chi connectivity index (χ1v) is 13.0. The molecule has 2 aromatic rings. The molecule has 0 spiro atoms. The predicted octanol–water partition coefficient (Wildman–Crippen LogP) is 3.64. The van der Waals surface area contributed by atoms with Gasteiger partial charge in [-0.05, 0) is 36.8 Å². The lowest BCUT2D eigenvalue weighted by Crippen LogP contribution is -2.58. The number of rotatable bonds is 5. The van der Waals surface area contributed by atoms with Gasteiger partial charge in [0.1, 0.15) is 0 Å². The van der Waals surface area contributed by atoms with Crippen LogP contribution < -0.4 is 13.5 Å². The van der Waals surface area contributed by atoms with Crippen molar-refractivity contribution in [2.75, 3.05) is 40.8 Å². The molecule has 2 aromatic carbocycles. The van der Waals surface area contributed by atoms with Crippen LogP contribution in [0.15, 0.2) is 36.4 Å². The average molecular weight is 575 g/mol. The summed E-state index contributed by atoms with van der Waals surface area (Å²) in [6.45, 7) is 0.166. The molecule has 0 aliphatic carbocycles. The summed E-state index contributed by atoms with van der Waals surface area (Å²) in [7, 11) is -1.17. The molecular weight excluding hydrogens is 553 g/mol. The molecule has 2 heterocycles. The van der Waals surface area contributed by atoms with Crippen molar-refractivity contribution in [3.8, 4) is 0 Å². The van der Waals surface area contributed by atoms with Gasteiger partial charge in [0.05, 0.1) is 41.7 Å². The number of esters is 1. The van der Waals surface area contributed by atoms with E-state index in [1.54, 1.807) is 0 Å². The third-order valence-corrected chi connectivity index (χ3v) is 8.41. The Hall–Kier alpha value is -3.52. The van der Waals surface area contributed by atoms with E-state index in [4.69, 9.17) is 16.3 Å². The van der Waals surface area contributed by atoms with Gasteiger partial charge < -0.3 is 4.74 Å². The maximum Gasteiger partial charge on any atom is 0.418 e. The number of anilines is 3. The number of fused-ring (bicyclic) bond motifs is 1. The molecule has 1 atom stereocenters. The first kappa shape index (κ1) is 27.5. The molecule has 15 heteroatoms. The zero-order valence-electron chi connectivity index (χ0n) is 20.3. The highest BCUT2D eigenvalue weighted by molar-refractivity contribution is 7.94. The molecule has 0 aromatic heterocycles. The Morgan fingerprint density at radius 1 is 1.11 bits per heavy atom. The fraction of sp³-hybridized carbons (Fsp3) is 0.348. The first-order chi connectivity index (χ1) is 17.7. The van der Waals surface area contributed by atoms with Gasteiger partial charge in [-0.1, -0.05) is 23.7 Å². The van der Waals surface area contributed by atoms with Crippen LogP contribution in [-0.2, 0) is 37.3 Å². The van der Waals surface area contributed by atoms with Gasteiger partial charge in [-0.3, -0.25) is 28.0 Å². The summed E-state index contributed by atoms with van der Waals surface area (Å²) >= 11 is 5.80. The molecule has 1 unspecified atom stereocenters. The summed E-state index contributed by atoms with van der Waals surface area (Å²) < 4.78 is 73.3. The van der Waals surface area contributed by atoms with Gasteiger partial charge in [-0.2, -0.15) is 21.6 Å². The largest absolute Gasteiger partial charge is 0.465 e.